The van der Waals surface area contributed by atoms with Crippen molar-refractivity contribution in [2.24, 2.45) is 5.41 Å². The largest absolute Gasteiger partial charge is 0.450 e. The minimum absolute atomic E-state index is 0.212. The minimum Gasteiger partial charge on any atom is -0.450 e. The summed E-state index contributed by atoms with van der Waals surface area (Å²) in [5.74, 6) is 0.273. The normalized spacial score (nSPS) is 28.8. The first-order valence-corrected chi connectivity index (χ1v) is 11.8. The van der Waals surface area contributed by atoms with Crippen molar-refractivity contribution in [2.45, 2.75) is 64.0 Å². The van der Waals surface area contributed by atoms with Gasteiger partial charge in [0.2, 0.25) is 5.91 Å². The number of anilines is 2. The molecular formula is C23H32ClN3O4. The van der Waals surface area contributed by atoms with Crippen LogP contribution in [0.2, 0.25) is 5.02 Å². The fourth-order valence-electron chi connectivity index (χ4n) is 5.41. The molecule has 2 aliphatic heterocycles. The van der Waals surface area contributed by atoms with E-state index in [1.165, 1.54) is 0 Å². The Morgan fingerprint density at radius 2 is 2.03 bits per heavy atom. The number of aliphatic hydroxyl groups excluding tert-OH is 1. The lowest BCUT2D eigenvalue weighted by atomic mass is 9.78. The zero-order valence-electron chi connectivity index (χ0n) is 18.1. The summed E-state index contributed by atoms with van der Waals surface area (Å²) in [7, 11) is 0. The monoisotopic (exact) mass is 449 g/mol. The summed E-state index contributed by atoms with van der Waals surface area (Å²) in [5, 5.41) is 13.0. The second kappa shape index (κ2) is 9.25. The predicted octanol–water partition coefficient (Wildman–Crippen LogP) is 4.03. The van der Waals surface area contributed by atoms with E-state index in [9.17, 15) is 14.7 Å². The summed E-state index contributed by atoms with van der Waals surface area (Å²) < 4.78 is 4.91. The first-order chi connectivity index (χ1) is 14.9. The summed E-state index contributed by atoms with van der Waals surface area (Å²) >= 11 is 6.57. The molecule has 1 spiro atoms. The highest BCUT2D eigenvalue weighted by atomic mass is 35.5. The Morgan fingerprint density at radius 1 is 1.26 bits per heavy atom. The van der Waals surface area contributed by atoms with Crippen molar-refractivity contribution in [2.75, 3.05) is 36.5 Å². The number of aliphatic hydroxyl groups is 1. The van der Waals surface area contributed by atoms with Crippen LogP contribution in [0, 0.1) is 5.41 Å². The van der Waals surface area contributed by atoms with E-state index in [0.29, 0.717) is 23.9 Å². The molecule has 2 amide bonds. The molecule has 1 atom stereocenters. The molecule has 1 saturated carbocycles. The van der Waals surface area contributed by atoms with E-state index in [0.717, 1.165) is 63.7 Å². The smallest absolute Gasteiger partial charge is 0.411 e. The number of nitrogens with zero attached hydrogens (tertiary/aromatic N) is 2. The molecule has 7 nitrogen and oxygen atoms in total. The fourth-order valence-corrected chi connectivity index (χ4v) is 5.71. The lowest BCUT2D eigenvalue weighted by molar-refractivity contribution is -0.139. The van der Waals surface area contributed by atoms with Crippen LogP contribution < -0.4 is 10.2 Å². The van der Waals surface area contributed by atoms with Crippen LogP contribution in [0.3, 0.4) is 0 Å². The molecule has 0 bridgehead atoms. The van der Waals surface area contributed by atoms with Gasteiger partial charge in [0.25, 0.3) is 0 Å². The fraction of sp³-hybridized carbons (Fsp3) is 0.652. The number of nitrogens with one attached hydrogen (secondary N) is 1. The lowest BCUT2D eigenvalue weighted by Gasteiger charge is -2.41. The van der Waals surface area contributed by atoms with E-state index in [4.69, 9.17) is 16.3 Å². The number of amides is 2. The van der Waals surface area contributed by atoms with Gasteiger partial charge in [-0.05, 0) is 70.1 Å². The molecule has 4 rings (SSSR count). The van der Waals surface area contributed by atoms with E-state index in [1.807, 2.05) is 12.1 Å². The third-order valence-electron chi connectivity index (χ3n) is 7.04. The number of carbonyl (C=O) groups excluding carboxylic acids is 2. The van der Waals surface area contributed by atoms with Crippen molar-refractivity contribution < 1.29 is 19.4 Å². The lowest BCUT2D eigenvalue weighted by Crippen LogP contribution is -2.50. The van der Waals surface area contributed by atoms with Gasteiger partial charge in [-0.15, -0.1) is 0 Å². The van der Waals surface area contributed by atoms with Crippen LogP contribution in [0.1, 0.15) is 51.9 Å². The van der Waals surface area contributed by atoms with Gasteiger partial charge in [0.05, 0.1) is 28.8 Å². The van der Waals surface area contributed by atoms with Crippen LogP contribution in [0.5, 0.6) is 0 Å². The zero-order valence-corrected chi connectivity index (χ0v) is 18.9. The molecule has 2 heterocycles. The van der Waals surface area contributed by atoms with Gasteiger partial charge in [-0.3, -0.25) is 10.1 Å². The molecule has 0 unspecified atom stereocenters. The van der Waals surface area contributed by atoms with Crippen molar-refractivity contribution in [3.05, 3.63) is 23.2 Å². The number of ether oxygens (including phenoxy) is 1. The highest BCUT2D eigenvalue weighted by Gasteiger charge is 2.50. The molecule has 1 aromatic rings. The van der Waals surface area contributed by atoms with E-state index < -0.39 is 6.09 Å². The first kappa shape index (κ1) is 22.2. The first-order valence-electron chi connectivity index (χ1n) is 11.4. The van der Waals surface area contributed by atoms with Crippen molar-refractivity contribution in [1.82, 2.24) is 4.90 Å². The Balaban J connectivity index is 1.45. The van der Waals surface area contributed by atoms with Gasteiger partial charge in [-0.25, -0.2) is 4.79 Å². The van der Waals surface area contributed by atoms with Gasteiger partial charge in [-0.1, -0.05) is 11.6 Å². The van der Waals surface area contributed by atoms with Gasteiger partial charge >= 0.3 is 6.09 Å². The van der Waals surface area contributed by atoms with Crippen molar-refractivity contribution in [3.63, 3.8) is 0 Å². The van der Waals surface area contributed by atoms with Crippen LogP contribution >= 0.6 is 11.6 Å². The topological polar surface area (TPSA) is 82.1 Å². The number of hydrogen-bond acceptors (Lipinski definition) is 5. The van der Waals surface area contributed by atoms with Gasteiger partial charge < -0.3 is 19.6 Å². The molecule has 0 radical (unpaired) electrons. The maximum atomic E-state index is 13.5. The predicted molar refractivity (Wildman–Crippen MR) is 121 cm³/mol. The molecule has 2 saturated heterocycles. The van der Waals surface area contributed by atoms with E-state index >= 15 is 0 Å². The number of benzene rings is 1. The van der Waals surface area contributed by atoms with E-state index in [2.05, 4.69) is 15.1 Å². The Bertz CT molecular complexity index is 827. The Kier molecular flexibility index (Phi) is 6.63. The summed E-state index contributed by atoms with van der Waals surface area (Å²) in [5.41, 5.74) is 1.13. The third kappa shape index (κ3) is 4.62. The van der Waals surface area contributed by atoms with Crippen molar-refractivity contribution in [1.29, 1.82) is 0 Å². The number of halogens is 1. The summed E-state index contributed by atoms with van der Waals surface area (Å²) in [6, 6.07) is 5.71. The summed E-state index contributed by atoms with van der Waals surface area (Å²) in [6.45, 7) is 4.39. The van der Waals surface area contributed by atoms with Crippen LogP contribution in [0.15, 0.2) is 18.2 Å². The van der Waals surface area contributed by atoms with Gasteiger partial charge in [0, 0.05) is 31.4 Å². The maximum absolute atomic E-state index is 13.5. The van der Waals surface area contributed by atoms with Crippen LogP contribution in [-0.2, 0) is 9.53 Å². The minimum atomic E-state index is -0.505. The number of carbonyl (C=O) groups is 2. The van der Waals surface area contributed by atoms with Gasteiger partial charge in [0.1, 0.15) is 0 Å². The highest BCUT2D eigenvalue weighted by molar-refractivity contribution is 6.33. The standard InChI is InChI=1S/C23H32ClN3O4/c1-2-31-22(30)25-16-4-9-20(19(24)14-16)26-12-3-10-23(15-26)11-13-27(21(23)29)17-5-7-18(28)8-6-17/h4,9,14,17-18,28H,2-3,5-8,10-13,15H2,1H3,(H,25,30)/t17?,18?,23-/m0/s1. The van der Waals surface area contributed by atoms with Gasteiger partial charge in [-0.2, -0.15) is 0 Å². The molecule has 8 heteroatoms. The van der Waals surface area contributed by atoms with Gasteiger partial charge in [0.15, 0.2) is 0 Å². The SMILES string of the molecule is CCOC(=O)Nc1ccc(N2CCC[C@]3(CCN(C4CCC(O)CC4)C3=O)C2)c(Cl)c1. The number of rotatable bonds is 4. The molecule has 0 aromatic heterocycles. The third-order valence-corrected chi connectivity index (χ3v) is 7.34. The highest BCUT2D eigenvalue weighted by Crippen LogP contribution is 2.44. The number of piperidine rings is 1. The molecule has 1 aliphatic carbocycles. The van der Waals surface area contributed by atoms with E-state index in [1.54, 1.807) is 13.0 Å². The number of likely N-dealkylation sites (tertiary alicyclic amines) is 1. The van der Waals surface area contributed by atoms with Crippen LogP contribution in [-0.4, -0.2) is 60.4 Å². The van der Waals surface area contributed by atoms with E-state index in [-0.39, 0.29) is 23.5 Å². The van der Waals surface area contributed by atoms with Crippen LogP contribution in [0.25, 0.3) is 0 Å². The number of hydrogen-bond donors (Lipinski definition) is 2. The quantitative estimate of drug-likeness (QED) is 0.725. The average molecular weight is 450 g/mol. The Hall–Kier alpha value is -1.99. The molecular weight excluding hydrogens is 418 g/mol. The second-order valence-electron chi connectivity index (χ2n) is 9.03. The molecule has 3 fully saturated rings. The summed E-state index contributed by atoms with van der Waals surface area (Å²) in [6.07, 6.45) is 5.38. The molecule has 2 N–H and O–H groups in total. The average Bonchev–Trinajstić information content (AvgIpc) is 3.04. The Morgan fingerprint density at radius 3 is 2.74 bits per heavy atom. The Labute approximate surface area is 188 Å². The molecule has 1 aromatic carbocycles. The zero-order chi connectivity index (χ0) is 22.0. The molecule has 31 heavy (non-hydrogen) atoms. The van der Waals surface area contributed by atoms with Crippen molar-refractivity contribution in [3.8, 4) is 0 Å². The summed E-state index contributed by atoms with van der Waals surface area (Å²) in [4.78, 5) is 29.5. The maximum Gasteiger partial charge on any atom is 0.411 e. The second-order valence-corrected chi connectivity index (χ2v) is 9.44. The molecule has 3 aliphatic rings. The van der Waals surface area contributed by atoms with Crippen LogP contribution in [0.4, 0.5) is 16.2 Å². The molecule has 170 valence electrons. The van der Waals surface area contributed by atoms with Crippen molar-refractivity contribution >= 4 is 35.0 Å².